The third-order valence-corrected chi connectivity index (χ3v) is 3.48. The van der Waals surface area contributed by atoms with E-state index >= 15 is 0 Å². The van der Waals surface area contributed by atoms with E-state index in [4.69, 9.17) is 9.47 Å². The molecule has 0 spiro atoms. The average Bonchev–Trinajstić information content (AvgIpc) is 2.42. The van der Waals surface area contributed by atoms with E-state index in [2.05, 4.69) is 19.1 Å². The molecule has 1 aliphatic rings. The van der Waals surface area contributed by atoms with Gasteiger partial charge in [0, 0.05) is 13.7 Å². The normalized spacial score (nSPS) is 22.1. The summed E-state index contributed by atoms with van der Waals surface area (Å²) in [6.45, 7) is 4.10. The molecule has 1 aromatic rings. The van der Waals surface area contributed by atoms with E-state index in [1.54, 1.807) is 7.11 Å². The van der Waals surface area contributed by atoms with Crippen molar-refractivity contribution >= 4 is 5.91 Å². The number of nitrogens with zero attached hydrogens (tertiary/aromatic N) is 1. The summed E-state index contributed by atoms with van der Waals surface area (Å²) in [5.41, 5.74) is 1.20. The Labute approximate surface area is 114 Å². The first-order valence-corrected chi connectivity index (χ1v) is 6.65. The average molecular weight is 263 g/mol. The molecule has 2 atom stereocenters. The highest BCUT2D eigenvalue weighted by molar-refractivity contribution is 5.79. The van der Waals surface area contributed by atoms with E-state index in [1.165, 1.54) is 5.56 Å². The largest absolute Gasteiger partial charge is 0.382 e. The lowest BCUT2D eigenvalue weighted by Crippen LogP contribution is -2.52. The molecule has 0 unspecified atom stereocenters. The molecule has 4 nitrogen and oxygen atoms in total. The number of hydrogen-bond acceptors (Lipinski definition) is 3. The van der Waals surface area contributed by atoms with Gasteiger partial charge in [-0.25, -0.2) is 0 Å². The van der Waals surface area contributed by atoms with Gasteiger partial charge in [-0.05, 0) is 11.5 Å². The lowest BCUT2D eigenvalue weighted by Gasteiger charge is -2.47. The van der Waals surface area contributed by atoms with Gasteiger partial charge in [0.1, 0.15) is 6.61 Å². The maximum absolute atomic E-state index is 12.1. The van der Waals surface area contributed by atoms with Crippen LogP contribution in [0.15, 0.2) is 30.3 Å². The molecule has 2 rings (SSSR count). The Hall–Kier alpha value is -1.39. The van der Waals surface area contributed by atoms with Crippen molar-refractivity contribution in [1.82, 2.24) is 4.90 Å². The fourth-order valence-corrected chi connectivity index (χ4v) is 2.49. The van der Waals surface area contributed by atoms with E-state index in [-0.39, 0.29) is 18.6 Å². The summed E-state index contributed by atoms with van der Waals surface area (Å²) in [7, 11) is 1.62. The summed E-state index contributed by atoms with van der Waals surface area (Å²) in [6.07, 6.45) is 0. The standard InChI is InChI=1S/C15H21NO3/c1-12-10-16(14(17)11-19-9-8-18-2)15(12)13-6-4-3-5-7-13/h3-7,12,15H,8-11H2,1-2H3/t12-,15+/m0/s1. The molecule has 0 radical (unpaired) electrons. The van der Waals surface area contributed by atoms with Crippen molar-refractivity contribution in [2.75, 3.05) is 33.5 Å². The van der Waals surface area contributed by atoms with Gasteiger partial charge < -0.3 is 14.4 Å². The van der Waals surface area contributed by atoms with Crippen LogP contribution < -0.4 is 0 Å². The van der Waals surface area contributed by atoms with Crippen molar-refractivity contribution in [3.8, 4) is 0 Å². The first-order valence-electron chi connectivity index (χ1n) is 6.65. The number of amides is 1. The van der Waals surface area contributed by atoms with Crippen LogP contribution >= 0.6 is 0 Å². The van der Waals surface area contributed by atoms with Crippen molar-refractivity contribution in [1.29, 1.82) is 0 Å². The summed E-state index contributed by atoms with van der Waals surface area (Å²) in [6, 6.07) is 10.4. The molecule has 1 amide bonds. The quantitative estimate of drug-likeness (QED) is 0.735. The number of ether oxygens (including phenoxy) is 2. The molecule has 1 aromatic carbocycles. The molecule has 1 heterocycles. The third-order valence-electron chi connectivity index (χ3n) is 3.48. The Morgan fingerprint density at radius 3 is 2.68 bits per heavy atom. The van der Waals surface area contributed by atoms with Crippen molar-refractivity contribution < 1.29 is 14.3 Å². The summed E-state index contributed by atoms with van der Waals surface area (Å²) in [4.78, 5) is 14.0. The summed E-state index contributed by atoms with van der Waals surface area (Å²) >= 11 is 0. The first-order chi connectivity index (χ1) is 9.24. The summed E-state index contributed by atoms with van der Waals surface area (Å²) in [5.74, 6) is 0.563. The van der Waals surface area contributed by atoms with E-state index < -0.39 is 0 Å². The highest BCUT2D eigenvalue weighted by Crippen LogP contribution is 2.38. The van der Waals surface area contributed by atoms with E-state index in [0.717, 1.165) is 6.54 Å². The second-order valence-corrected chi connectivity index (χ2v) is 4.92. The Balaban J connectivity index is 1.88. The molecule has 0 saturated carbocycles. The van der Waals surface area contributed by atoms with Crippen LogP contribution in [0.3, 0.4) is 0 Å². The molecule has 4 heteroatoms. The van der Waals surface area contributed by atoms with Crippen LogP contribution in [0.2, 0.25) is 0 Å². The van der Waals surface area contributed by atoms with Crippen molar-refractivity contribution in [3.05, 3.63) is 35.9 Å². The predicted molar refractivity (Wildman–Crippen MR) is 72.8 cm³/mol. The zero-order valence-electron chi connectivity index (χ0n) is 11.5. The molecule has 0 aliphatic carbocycles. The van der Waals surface area contributed by atoms with Gasteiger partial charge >= 0.3 is 0 Å². The van der Waals surface area contributed by atoms with Gasteiger partial charge in [0.25, 0.3) is 0 Å². The van der Waals surface area contributed by atoms with E-state index in [1.807, 2.05) is 23.1 Å². The molecule has 1 fully saturated rings. The number of benzene rings is 1. The SMILES string of the molecule is COCCOCC(=O)N1C[C@H](C)[C@@H]1c1ccccc1. The summed E-state index contributed by atoms with van der Waals surface area (Å²) in [5, 5.41) is 0. The monoisotopic (exact) mass is 263 g/mol. The minimum absolute atomic E-state index is 0.0584. The topological polar surface area (TPSA) is 38.8 Å². The van der Waals surface area contributed by atoms with Crippen LogP contribution in [0, 0.1) is 5.92 Å². The second kappa shape index (κ2) is 6.68. The molecule has 0 aromatic heterocycles. The fourth-order valence-electron chi connectivity index (χ4n) is 2.49. The minimum atomic E-state index is 0.0584. The highest BCUT2D eigenvalue weighted by Gasteiger charge is 2.39. The number of likely N-dealkylation sites (tertiary alicyclic amines) is 1. The number of hydrogen-bond donors (Lipinski definition) is 0. The van der Waals surface area contributed by atoms with Gasteiger partial charge in [-0.1, -0.05) is 37.3 Å². The number of carbonyl (C=O) groups is 1. The van der Waals surface area contributed by atoms with Crippen molar-refractivity contribution in [3.63, 3.8) is 0 Å². The molecule has 0 N–H and O–H groups in total. The van der Waals surface area contributed by atoms with Crippen LogP contribution in [0.25, 0.3) is 0 Å². The Morgan fingerprint density at radius 2 is 2.05 bits per heavy atom. The van der Waals surface area contributed by atoms with Gasteiger partial charge in [-0.15, -0.1) is 0 Å². The van der Waals surface area contributed by atoms with Crippen LogP contribution in [0.5, 0.6) is 0 Å². The summed E-state index contributed by atoms with van der Waals surface area (Å²) < 4.78 is 10.2. The van der Waals surface area contributed by atoms with Crippen LogP contribution in [-0.4, -0.2) is 44.3 Å². The number of rotatable bonds is 6. The van der Waals surface area contributed by atoms with Gasteiger partial charge in [0.2, 0.25) is 5.91 Å². The fraction of sp³-hybridized carbons (Fsp3) is 0.533. The number of methoxy groups -OCH3 is 1. The Bertz CT molecular complexity index is 407. The van der Waals surface area contributed by atoms with Crippen molar-refractivity contribution in [2.24, 2.45) is 5.92 Å². The molecule has 1 aliphatic heterocycles. The van der Waals surface area contributed by atoms with Crippen LogP contribution in [0.4, 0.5) is 0 Å². The van der Waals surface area contributed by atoms with Gasteiger partial charge in [0.05, 0.1) is 19.3 Å². The third kappa shape index (κ3) is 3.33. The van der Waals surface area contributed by atoms with E-state index in [0.29, 0.717) is 19.1 Å². The first kappa shape index (κ1) is 14.0. The zero-order valence-corrected chi connectivity index (χ0v) is 11.5. The van der Waals surface area contributed by atoms with Gasteiger partial charge in [-0.3, -0.25) is 4.79 Å². The minimum Gasteiger partial charge on any atom is -0.382 e. The van der Waals surface area contributed by atoms with Gasteiger partial charge in [0.15, 0.2) is 0 Å². The molecule has 0 bridgehead atoms. The Kier molecular flexibility index (Phi) is 4.93. The lowest BCUT2D eigenvalue weighted by molar-refractivity contribution is -0.149. The highest BCUT2D eigenvalue weighted by atomic mass is 16.5. The van der Waals surface area contributed by atoms with Crippen molar-refractivity contribution in [2.45, 2.75) is 13.0 Å². The molecule has 1 saturated heterocycles. The second-order valence-electron chi connectivity index (χ2n) is 4.92. The molecule has 104 valence electrons. The van der Waals surface area contributed by atoms with Gasteiger partial charge in [-0.2, -0.15) is 0 Å². The maximum Gasteiger partial charge on any atom is 0.249 e. The number of carbonyl (C=O) groups excluding carboxylic acids is 1. The Morgan fingerprint density at radius 1 is 1.32 bits per heavy atom. The van der Waals surface area contributed by atoms with E-state index in [9.17, 15) is 4.79 Å². The predicted octanol–water partition coefficient (Wildman–Crippen LogP) is 1.87. The smallest absolute Gasteiger partial charge is 0.249 e. The lowest BCUT2D eigenvalue weighted by atomic mass is 9.85. The zero-order chi connectivity index (χ0) is 13.7. The van der Waals surface area contributed by atoms with Crippen LogP contribution in [-0.2, 0) is 14.3 Å². The molecular formula is C15H21NO3. The van der Waals surface area contributed by atoms with Crippen LogP contribution in [0.1, 0.15) is 18.5 Å². The molecule has 19 heavy (non-hydrogen) atoms. The maximum atomic E-state index is 12.1. The molecular weight excluding hydrogens is 242 g/mol.